The van der Waals surface area contributed by atoms with Gasteiger partial charge < -0.3 is 11.1 Å². The fraction of sp³-hybridized carbons (Fsp3) is 0. The first-order valence-corrected chi connectivity index (χ1v) is 5.97. The lowest BCUT2D eigenvalue weighted by molar-refractivity contribution is 0.102. The van der Waals surface area contributed by atoms with Crippen LogP contribution in [-0.4, -0.2) is 5.91 Å². The van der Waals surface area contributed by atoms with Crippen LogP contribution in [0, 0.1) is 5.82 Å². The van der Waals surface area contributed by atoms with Gasteiger partial charge in [0.15, 0.2) is 0 Å². The number of hydrogen-bond donors (Lipinski definition) is 2. The second-order valence-corrected chi connectivity index (χ2v) is 4.56. The van der Waals surface area contributed by atoms with Crippen molar-refractivity contribution in [2.24, 2.45) is 0 Å². The lowest BCUT2D eigenvalue weighted by atomic mass is 10.2. The van der Waals surface area contributed by atoms with Gasteiger partial charge in [-0.25, -0.2) is 4.39 Å². The van der Waals surface area contributed by atoms with Crippen molar-refractivity contribution in [1.82, 2.24) is 0 Å². The first kappa shape index (κ1) is 12.6. The van der Waals surface area contributed by atoms with Gasteiger partial charge in [0.25, 0.3) is 5.91 Å². The minimum atomic E-state index is -0.477. The molecule has 3 nitrogen and oxygen atoms in total. The number of nitrogen functional groups attached to an aromatic ring is 1. The number of nitrogens with one attached hydrogen (secondary N) is 1. The number of amides is 1. The number of carbonyl (C=O) groups is 1. The molecule has 0 saturated carbocycles. The smallest absolute Gasteiger partial charge is 0.255 e. The maximum atomic E-state index is 13.3. The second-order valence-electron chi connectivity index (χ2n) is 3.71. The zero-order chi connectivity index (χ0) is 13.1. The molecule has 5 heteroatoms. The van der Waals surface area contributed by atoms with E-state index >= 15 is 0 Å². The Labute approximate surface area is 112 Å². The maximum Gasteiger partial charge on any atom is 0.255 e. The van der Waals surface area contributed by atoms with Crippen LogP contribution in [0.3, 0.4) is 0 Å². The number of hydrogen-bond acceptors (Lipinski definition) is 2. The fourth-order valence-corrected chi connectivity index (χ4v) is 1.70. The molecule has 2 aromatic rings. The minimum absolute atomic E-state index is 0.248. The average molecular weight is 309 g/mol. The summed E-state index contributed by atoms with van der Waals surface area (Å²) in [5, 5.41) is 2.64. The Hall–Kier alpha value is -1.88. The monoisotopic (exact) mass is 308 g/mol. The minimum Gasteiger partial charge on any atom is -0.399 e. The Kier molecular flexibility index (Phi) is 3.62. The van der Waals surface area contributed by atoms with E-state index in [1.807, 2.05) is 0 Å². The third-order valence-corrected chi connectivity index (χ3v) is 2.97. The van der Waals surface area contributed by atoms with E-state index in [4.69, 9.17) is 5.73 Å². The van der Waals surface area contributed by atoms with Crippen LogP contribution >= 0.6 is 15.9 Å². The van der Waals surface area contributed by atoms with Gasteiger partial charge in [-0.15, -0.1) is 0 Å². The highest BCUT2D eigenvalue weighted by Crippen LogP contribution is 2.18. The van der Waals surface area contributed by atoms with Gasteiger partial charge in [-0.1, -0.05) is 6.07 Å². The van der Waals surface area contributed by atoms with E-state index in [-0.39, 0.29) is 11.5 Å². The summed E-state index contributed by atoms with van der Waals surface area (Å²) < 4.78 is 13.6. The van der Waals surface area contributed by atoms with Crippen LogP contribution in [0.25, 0.3) is 0 Å². The summed E-state index contributed by atoms with van der Waals surface area (Å²) >= 11 is 3.03. The zero-order valence-electron chi connectivity index (χ0n) is 9.28. The van der Waals surface area contributed by atoms with Gasteiger partial charge in [-0.2, -0.15) is 0 Å². The van der Waals surface area contributed by atoms with E-state index in [1.54, 1.807) is 24.3 Å². The van der Waals surface area contributed by atoms with Crippen molar-refractivity contribution in [2.45, 2.75) is 0 Å². The number of anilines is 2. The summed E-state index contributed by atoms with van der Waals surface area (Å²) in [6.07, 6.45) is 0. The molecular weight excluding hydrogens is 299 g/mol. The molecule has 3 N–H and O–H groups in total. The maximum absolute atomic E-state index is 13.3. The summed E-state index contributed by atoms with van der Waals surface area (Å²) in [4.78, 5) is 11.9. The highest BCUT2D eigenvalue weighted by Gasteiger charge is 2.09. The standard InChI is InChI=1S/C13H10BrFN2O/c14-11-5-4-8(6-12(11)15)13(18)17-10-3-1-2-9(16)7-10/h1-7H,16H2,(H,17,18). The third kappa shape index (κ3) is 2.87. The molecule has 0 radical (unpaired) electrons. The lowest BCUT2D eigenvalue weighted by Crippen LogP contribution is -2.12. The van der Waals surface area contributed by atoms with Crippen molar-refractivity contribution >= 4 is 33.2 Å². The quantitative estimate of drug-likeness (QED) is 0.835. The van der Waals surface area contributed by atoms with Crippen molar-refractivity contribution in [1.29, 1.82) is 0 Å². The van der Waals surface area contributed by atoms with Gasteiger partial charge in [0.2, 0.25) is 0 Å². The molecule has 0 aliphatic heterocycles. The van der Waals surface area contributed by atoms with Crippen molar-refractivity contribution in [3.63, 3.8) is 0 Å². The van der Waals surface area contributed by atoms with Crippen molar-refractivity contribution in [2.75, 3.05) is 11.1 Å². The highest BCUT2D eigenvalue weighted by atomic mass is 79.9. The summed E-state index contributed by atoms with van der Waals surface area (Å²) in [6, 6.07) is 11.0. The van der Waals surface area contributed by atoms with Crippen LogP contribution in [-0.2, 0) is 0 Å². The summed E-state index contributed by atoms with van der Waals surface area (Å²) in [7, 11) is 0. The molecular formula is C13H10BrFN2O. The van der Waals surface area contributed by atoms with Gasteiger partial charge in [-0.05, 0) is 52.3 Å². The van der Waals surface area contributed by atoms with Gasteiger partial charge in [-0.3, -0.25) is 4.79 Å². The van der Waals surface area contributed by atoms with Crippen LogP contribution < -0.4 is 11.1 Å². The van der Waals surface area contributed by atoms with E-state index < -0.39 is 5.82 Å². The number of nitrogens with two attached hydrogens (primary N) is 1. The first-order chi connectivity index (χ1) is 8.56. The molecule has 92 valence electrons. The Morgan fingerprint density at radius 1 is 1.22 bits per heavy atom. The molecule has 0 aliphatic rings. The molecule has 0 saturated heterocycles. The predicted molar refractivity (Wildman–Crippen MR) is 72.9 cm³/mol. The lowest BCUT2D eigenvalue weighted by Gasteiger charge is -2.06. The van der Waals surface area contributed by atoms with Crippen LogP contribution in [0.5, 0.6) is 0 Å². The molecule has 0 unspecified atom stereocenters. The Bertz CT molecular complexity index is 601. The van der Waals surface area contributed by atoms with Crippen LogP contribution in [0.4, 0.5) is 15.8 Å². The summed E-state index contributed by atoms with van der Waals surface area (Å²) in [6.45, 7) is 0. The van der Waals surface area contributed by atoms with Crippen LogP contribution in [0.1, 0.15) is 10.4 Å². The Morgan fingerprint density at radius 2 is 2.00 bits per heavy atom. The Morgan fingerprint density at radius 3 is 2.67 bits per heavy atom. The normalized spacial score (nSPS) is 10.1. The summed E-state index contributed by atoms with van der Waals surface area (Å²) in [5.41, 5.74) is 6.97. The molecule has 0 fully saturated rings. The third-order valence-electron chi connectivity index (χ3n) is 2.33. The zero-order valence-corrected chi connectivity index (χ0v) is 10.9. The average Bonchev–Trinajstić information content (AvgIpc) is 2.32. The van der Waals surface area contributed by atoms with E-state index in [1.165, 1.54) is 18.2 Å². The number of carbonyl (C=O) groups excluding carboxylic acids is 1. The molecule has 2 rings (SSSR count). The van der Waals surface area contributed by atoms with E-state index in [9.17, 15) is 9.18 Å². The van der Waals surface area contributed by atoms with Crippen LogP contribution in [0.2, 0.25) is 0 Å². The molecule has 0 aromatic heterocycles. The molecule has 18 heavy (non-hydrogen) atoms. The highest BCUT2D eigenvalue weighted by molar-refractivity contribution is 9.10. The van der Waals surface area contributed by atoms with E-state index in [2.05, 4.69) is 21.2 Å². The van der Waals surface area contributed by atoms with Crippen LogP contribution in [0.15, 0.2) is 46.9 Å². The largest absolute Gasteiger partial charge is 0.399 e. The van der Waals surface area contributed by atoms with Crippen molar-refractivity contribution in [3.8, 4) is 0 Å². The number of rotatable bonds is 2. The molecule has 0 bridgehead atoms. The molecule has 0 heterocycles. The van der Waals surface area contributed by atoms with Gasteiger partial charge >= 0.3 is 0 Å². The molecule has 0 aliphatic carbocycles. The SMILES string of the molecule is Nc1cccc(NC(=O)c2ccc(Br)c(F)c2)c1. The Balaban J connectivity index is 2.19. The second kappa shape index (κ2) is 5.18. The summed E-state index contributed by atoms with van der Waals surface area (Å²) in [5.74, 6) is -0.859. The van der Waals surface area contributed by atoms with Gasteiger partial charge in [0, 0.05) is 16.9 Å². The molecule has 0 atom stereocenters. The topological polar surface area (TPSA) is 55.1 Å². The molecule has 1 amide bonds. The number of benzene rings is 2. The van der Waals surface area contributed by atoms with E-state index in [0.717, 1.165) is 0 Å². The number of halogens is 2. The molecule has 0 spiro atoms. The fourth-order valence-electron chi connectivity index (χ4n) is 1.46. The van der Waals surface area contributed by atoms with Gasteiger partial charge in [0.05, 0.1) is 4.47 Å². The predicted octanol–water partition coefficient (Wildman–Crippen LogP) is 3.42. The van der Waals surface area contributed by atoms with Gasteiger partial charge in [0.1, 0.15) is 5.82 Å². The van der Waals surface area contributed by atoms with E-state index in [0.29, 0.717) is 15.8 Å². The van der Waals surface area contributed by atoms with Crippen molar-refractivity contribution in [3.05, 3.63) is 58.3 Å². The first-order valence-electron chi connectivity index (χ1n) is 5.18. The molecule has 2 aromatic carbocycles. The van der Waals surface area contributed by atoms with Crippen molar-refractivity contribution < 1.29 is 9.18 Å².